The molecule has 0 amide bonds. The summed E-state index contributed by atoms with van der Waals surface area (Å²) >= 11 is 0. The highest BCUT2D eigenvalue weighted by atomic mass is 32.3. The van der Waals surface area contributed by atoms with Crippen LogP contribution in [-0.2, 0) is 81.0 Å². The zero-order valence-electron chi connectivity index (χ0n) is 33.8. The molecule has 0 aromatic carbocycles. The zero-order valence-corrected chi connectivity index (χ0v) is 36.2. The number of ketones is 1. The molecule has 0 saturated carbocycles. The number of carbonyl (C=O) groups excluding carboxylic acids is 3. The standard InChI is InChI=1S/C13H20N2O2.C9H11F3O6S.C8H12O4.C2F6O5S2.2CH4/c1-10(2)15-13(4-6-14-15)12-9-17-7-5-11(12)8-16-3;1-2-17-8(13)6-3-4-16-5-7(6)18-19(14,15)9(10,11)12;1-2-12-8(10)6-3-4-11-5-7(6)9;3-1(4,5)14(9,10)13-15(11,12)2(6,7)8;;/h4,6,10H,5,7-9H2,1-3H3;2-5H2,1H3;6H,2-5H2,1H3;;2*1H4. The van der Waals surface area contributed by atoms with E-state index in [9.17, 15) is 79.2 Å². The average Bonchev–Trinajstić information content (AvgIpc) is 3.65. The summed E-state index contributed by atoms with van der Waals surface area (Å²) in [7, 11) is -17.8. The van der Waals surface area contributed by atoms with E-state index in [0.29, 0.717) is 38.9 Å². The van der Waals surface area contributed by atoms with Gasteiger partial charge in [-0.05, 0) is 52.2 Å². The molecule has 1 fully saturated rings. The molecule has 31 heteroatoms. The molecule has 1 aromatic heterocycles. The molecule has 0 spiro atoms. The highest BCUT2D eigenvalue weighted by Gasteiger charge is 2.57. The first-order valence-corrected chi connectivity index (χ1v) is 22.0. The summed E-state index contributed by atoms with van der Waals surface area (Å²) in [5, 5.41) is 4.37. The van der Waals surface area contributed by atoms with Crippen molar-refractivity contribution < 1.29 is 115 Å². The van der Waals surface area contributed by atoms with Crippen LogP contribution in [-0.4, -0.2) is 136 Å². The normalized spacial score (nSPS) is 17.4. The Hall–Kier alpha value is -3.88. The molecule has 1 unspecified atom stereocenters. The summed E-state index contributed by atoms with van der Waals surface area (Å²) in [6.45, 7) is 10.00. The SMILES string of the molecule is C.C.CCOC(=O)C1=C(OS(=O)(=O)C(F)(F)F)COCC1.CCOC(=O)C1CCOCC1=O.COCC1=C(c2ccnn2C(C)C)COCC1.O=S(=O)(OS(=O)(=O)C(F)(F)F)C(F)(F)F. The summed E-state index contributed by atoms with van der Waals surface area (Å²) in [6, 6.07) is 2.41. The van der Waals surface area contributed by atoms with Gasteiger partial charge in [-0.2, -0.15) is 69.9 Å². The minimum Gasteiger partial charge on any atom is -0.465 e. The zero-order chi connectivity index (χ0) is 48.6. The van der Waals surface area contributed by atoms with Gasteiger partial charge in [0.25, 0.3) is 0 Å². The van der Waals surface area contributed by atoms with Crippen molar-refractivity contribution in [3.63, 3.8) is 0 Å². The van der Waals surface area contributed by atoms with Crippen LogP contribution >= 0.6 is 0 Å². The number of ether oxygens (including phenoxy) is 6. The van der Waals surface area contributed by atoms with E-state index in [4.69, 9.17) is 23.7 Å². The summed E-state index contributed by atoms with van der Waals surface area (Å²) in [5.74, 6) is -2.77. The first-order chi connectivity index (χ1) is 28.9. The summed E-state index contributed by atoms with van der Waals surface area (Å²) < 4.78 is 204. The van der Waals surface area contributed by atoms with Crippen LogP contribution in [0.2, 0.25) is 0 Å². The maximum Gasteiger partial charge on any atom is 0.534 e. The van der Waals surface area contributed by atoms with Crippen molar-refractivity contribution in [2.45, 2.75) is 84.4 Å². The topological polar surface area (TPSA) is 245 Å². The number of halogens is 9. The lowest BCUT2D eigenvalue weighted by Crippen LogP contribution is -2.34. The Morgan fingerprint density at radius 3 is 1.77 bits per heavy atom. The van der Waals surface area contributed by atoms with Gasteiger partial charge in [0.1, 0.15) is 19.1 Å². The van der Waals surface area contributed by atoms with Crippen molar-refractivity contribution in [3.8, 4) is 0 Å². The number of alkyl halides is 9. The summed E-state index contributed by atoms with van der Waals surface area (Å²) in [6.07, 6.45) is 3.17. The van der Waals surface area contributed by atoms with E-state index in [1.807, 2.05) is 14.5 Å². The number of rotatable bonds is 12. The van der Waals surface area contributed by atoms with E-state index in [1.54, 1.807) is 14.0 Å². The molecule has 0 bridgehead atoms. The maximum atomic E-state index is 12.2. The van der Waals surface area contributed by atoms with Crippen molar-refractivity contribution in [1.82, 2.24) is 9.78 Å². The third-order valence-electron chi connectivity index (χ3n) is 7.59. The summed E-state index contributed by atoms with van der Waals surface area (Å²) in [5.41, 5.74) is -14.6. The van der Waals surface area contributed by atoms with Crippen molar-refractivity contribution in [2.24, 2.45) is 5.92 Å². The van der Waals surface area contributed by atoms with E-state index >= 15 is 0 Å². The number of esters is 2. The van der Waals surface area contributed by atoms with Crippen molar-refractivity contribution >= 4 is 53.6 Å². The first-order valence-electron chi connectivity index (χ1n) is 17.8. The Morgan fingerprint density at radius 1 is 0.785 bits per heavy atom. The van der Waals surface area contributed by atoms with Crippen LogP contribution < -0.4 is 0 Å². The fraction of sp³-hybridized carbons (Fsp3) is 0.706. The predicted octanol–water partition coefficient (Wildman–Crippen LogP) is 5.50. The van der Waals surface area contributed by atoms with Crippen molar-refractivity contribution in [2.75, 3.05) is 66.6 Å². The minimum absolute atomic E-state index is 0. The minimum atomic E-state index is -6.85. The Kier molecular flexibility index (Phi) is 26.3. The first kappa shape index (κ1) is 63.2. The molecular weight excluding hydrogens is 976 g/mol. The highest BCUT2D eigenvalue weighted by molar-refractivity contribution is 8.00. The van der Waals surface area contributed by atoms with Gasteiger partial charge in [0, 0.05) is 37.9 Å². The maximum absolute atomic E-state index is 12.2. The second kappa shape index (κ2) is 27.1. The molecule has 4 rings (SSSR count). The number of aromatic nitrogens is 2. The molecular formula is C34H51F9N2O17S3. The third-order valence-corrected chi connectivity index (χ3v) is 11.1. The molecule has 0 aliphatic carbocycles. The van der Waals surface area contributed by atoms with Crippen LogP contribution in [0.5, 0.6) is 0 Å². The van der Waals surface area contributed by atoms with E-state index in [2.05, 4.69) is 33.9 Å². The molecule has 3 aliphatic rings. The average molecular weight is 1030 g/mol. The number of methoxy groups -OCH3 is 1. The second-order valence-electron chi connectivity index (χ2n) is 12.5. The number of carbonyl (C=O) groups is 3. The Balaban J connectivity index is 0. The van der Waals surface area contributed by atoms with Crippen molar-refractivity contribution in [1.29, 1.82) is 0 Å². The van der Waals surface area contributed by atoms with Crippen LogP contribution in [0.3, 0.4) is 0 Å². The Labute approximate surface area is 369 Å². The van der Waals surface area contributed by atoms with E-state index < -0.39 is 77.1 Å². The van der Waals surface area contributed by atoms with E-state index in [1.165, 1.54) is 18.1 Å². The van der Waals surface area contributed by atoms with Crippen LogP contribution in [0.15, 0.2) is 29.2 Å². The Bertz CT molecular complexity index is 2060. The van der Waals surface area contributed by atoms with Gasteiger partial charge in [0.15, 0.2) is 11.5 Å². The number of nitrogens with zero attached hydrogens (tertiary/aromatic N) is 2. The monoisotopic (exact) mass is 1030 g/mol. The lowest BCUT2D eigenvalue weighted by atomic mass is 9.99. The summed E-state index contributed by atoms with van der Waals surface area (Å²) in [4.78, 5) is 33.6. The molecule has 1 aromatic rings. The quantitative estimate of drug-likeness (QED) is 0.0824. The van der Waals surface area contributed by atoms with Gasteiger partial charge < -0.3 is 32.6 Å². The molecule has 1 saturated heterocycles. The molecule has 0 N–H and O–H groups in total. The van der Waals surface area contributed by atoms with E-state index in [0.717, 1.165) is 18.7 Å². The van der Waals surface area contributed by atoms with Crippen LogP contribution in [0, 0.1) is 5.92 Å². The largest absolute Gasteiger partial charge is 0.534 e. The van der Waals surface area contributed by atoms with Gasteiger partial charge in [-0.3, -0.25) is 14.3 Å². The second-order valence-corrected chi connectivity index (χ2v) is 17.3. The molecule has 1 atom stereocenters. The fourth-order valence-corrected chi connectivity index (χ4v) is 6.82. The van der Waals surface area contributed by atoms with Gasteiger partial charge in [0.05, 0.1) is 50.9 Å². The molecule has 65 heavy (non-hydrogen) atoms. The smallest absolute Gasteiger partial charge is 0.465 e. The van der Waals surface area contributed by atoms with Crippen LogP contribution in [0.25, 0.3) is 5.57 Å². The fourth-order valence-electron chi connectivity index (χ4n) is 4.75. The van der Waals surface area contributed by atoms with Gasteiger partial charge >= 0.3 is 58.8 Å². The van der Waals surface area contributed by atoms with Gasteiger partial charge in [-0.1, -0.05) is 14.9 Å². The molecule has 3 aliphatic heterocycles. The van der Waals surface area contributed by atoms with Crippen molar-refractivity contribution in [3.05, 3.63) is 34.9 Å². The third kappa shape index (κ3) is 19.5. The molecule has 380 valence electrons. The number of Topliss-reactive ketones (excluding diaryl/α,β-unsaturated/α-hetero) is 1. The van der Waals surface area contributed by atoms with Gasteiger partial charge in [-0.15, -0.1) is 3.63 Å². The van der Waals surface area contributed by atoms with E-state index in [-0.39, 0.29) is 52.5 Å². The van der Waals surface area contributed by atoms with Crippen LogP contribution in [0.1, 0.15) is 73.5 Å². The van der Waals surface area contributed by atoms with Gasteiger partial charge in [-0.25, -0.2) is 4.79 Å². The number of hydrogen-bond donors (Lipinski definition) is 0. The van der Waals surface area contributed by atoms with Gasteiger partial charge in [0.2, 0.25) is 0 Å². The van der Waals surface area contributed by atoms with Crippen LogP contribution in [0.4, 0.5) is 39.5 Å². The molecule has 4 heterocycles. The Morgan fingerprint density at radius 2 is 1.29 bits per heavy atom. The molecule has 0 radical (unpaired) electrons. The number of hydrogen-bond acceptors (Lipinski definition) is 18. The highest BCUT2D eigenvalue weighted by Crippen LogP contribution is 2.33. The molecule has 19 nitrogen and oxygen atoms in total. The lowest BCUT2D eigenvalue weighted by molar-refractivity contribution is -0.156. The predicted molar refractivity (Wildman–Crippen MR) is 207 cm³/mol. The lowest BCUT2D eigenvalue weighted by Gasteiger charge is -2.22.